The SMILES string of the molecule is C[N-]C(=O)c1ccc(Nc2oc(C)nc2C(N)=O)cc1.[Ru+]. The van der Waals surface area contributed by atoms with Gasteiger partial charge in [-0.25, -0.2) is 4.98 Å². The van der Waals surface area contributed by atoms with Crippen molar-refractivity contribution in [2.45, 2.75) is 6.92 Å². The van der Waals surface area contributed by atoms with Crippen molar-refractivity contribution in [3.8, 4) is 0 Å². The van der Waals surface area contributed by atoms with Gasteiger partial charge in [0.05, 0.1) is 5.91 Å². The third-order valence-electron chi connectivity index (χ3n) is 2.56. The topological polar surface area (TPSA) is 112 Å². The maximum atomic E-state index is 11.4. The summed E-state index contributed by atoms with van der Waals surface area (Å²) in [4.78, 5) is 26.5. The van der Waals surface area contributed by atoms with E-state index in [-0.39, 0.29) is 37.0 Å². The molecule has 1 aromatic heterocycles. The van der Waals surface area contributed by atoms with Crippen LogP contribution in [0.2, 0.25) is 0 Å². The molecule has 0 aliphatic carbocycles. The molecule has 0 atom stereocenters. The van der Waals surface area contributed by atoms with Crippen molar-refractivity contribution in [2.75, 3.05) is 12.4 Å². The number of nitrogens with two attached hydrogens (primary N) is 1. The number of hydrogen-bond donors (Lipinski definition) is 2. The van der Waals surface area contributed by atoms with E-state index in [1.807, 2.05) is 0 Å². The summed E-state index contributed by atoms with van der Waals surface area (Å²) in [5.41, 5.74) is 6.35. The zero-order chi connectivity index (χ0) is 14.7. The molecule has 1 radical (unpaired) electrons. The molecule has 0 fully saturated rings. The van der Waals surface area contributed by atoms with Gasteiger partial charge in [-0.2, -0.15) is 0 Å². The van der Waals surface area contributed by atoms with Crippen molar-refractivity contribution in [1.82, 2.24) is 4.98 Å². The third kappa shape index (κ3) is 3.89. The predicted molar refractivity (Wildman–Crippen MR) is 73.1 cm³/mol. The second-order valence-electron chi connectivity index (χ2n) is 4.01. The predicted octanol–water partition coefficient (Wildman–Crippen LogP) is 1.97. The number of amides is 2. The van der Waals surface area contributed by atoms with Gasteiger partial charge in [0.2, 0.25) is 5.88 Å². The minimum absolute atomic E-state index is 0. The molecule has 1 heterocycles. The summed E-state index contributed by atoms with van der Waals surface area (Å²) in [6.45, 7) is 1.61. The summed E-state index contributed by atoms with van der Waals surface area (Å²) in [6.07, 6.45) is 0. The number of nitrogens with one attached hydrogen (secondary N) is 1. The molecular formula is C13H13N4O3Ru. The molecule has 7 nitrogen and oxygen atoms in total. The van der Waals surface area contributed by atoms with E-state index in [9.17, 15) is 9.59 Å². The van der Waals surface area contributed by atoms with Crippen LogP contribution in [0.4, 0.5) is 11.6 Å². The minimum Gasteiger partial charge on any atom is -0.652 e. The van der Waals surface area contributed by atoms with Gasteiger partial charge in [0.1, 0.15) is 0 Å². The standard InChI is InChI=1S/C13H14N4O3.Ru/c1-7-16-10(11(14)18)13(20-7)17-9-5-3-8(4-6-9)12(19)15-2;/h3-6H,1-2H3,(H4,14,15,17,18,19);/q;+1/p-1. The number of aryl methyl sites for hydroxylation is 1. The maximum Gasteiger partial charge on any atom is 1.00 e. The number of anilines is 2. The van der Waals surface area contributed by atoms with Crippen molar-refractivity contribution in [3.05, 3.63) is 46.7 Å². The van der Waals surface area contributed by atoms with Crippen molar-refractivity contribution in [1.29, 1.82) is 0 Å². The first kappa shape index (κ1) is 16.8. The summed E-state index contributed by atoms with van der Waals surface area (Å²) in [5.74, 6) is -0.474. The van der Waals surface area contributed by atoms with Crippen LogP contribution in [0.3, 0.4) is 0 Å². The van der Waals surface area contributed by atoms with Gasteiger partial charge < -0.3 is 25.6 Å². The molecule has 1 aromatic carbocycles. The molecule has 0 aliphatic heterocycles. The van der Waals surface area contributed by atoms with Gasteiger partial charge in [-0.15, -0.1) is 7.05 Å². The molecule has 0 aliphatic rings. The molecule has 0 saturated carbocycles. The van der Waals surface area contributed by atoms with E-state index in [0.29, 0.717) is 17.1 Å². The van der Waals surface area contributed by atoms with Gasteiger partial charge in [0.25, 0.3) is 5.91 Å². The maximum absolute atomic E-state index is 11.4. The Balaban J connectivity index is 0.00000220. The first-order chi connectivity index (χ1) is 9.51. The second kappa shape index (κ2) is 6.99. The Kier molecular flexibility index (Phi) is 5.61. The van der Waals surface area contributed by atoms with Gasteiger partial charge in [-0.1, -0.05) is 12.1 Å². The fourth-order valence-electron chi connectivity index (χ4n) is 1.64. The molecule has 2 rings (SSSR count). The van der Waals surface area contributed by atoms with E-state index < -0.39 is 5.91 Å². The number of primary amides is 1. The molecule has 2 amide bonds. The molecular weight excluding hydrogens is 361 g/mol. The van der Waals surface area contributed by atoms with Crippen molar-refractivity contribution in [2.24, 2.45) is 5.73 Å². The zero-order valence-corrected chi connectivity index (χ0v) is 13.1. The Bertz CT molecular complexity index is 652. The van der Waals surface area contributed by atoms with E-state index in [4.69, 9.17) is 10.2 Å². The smallest absolute Gasteiger partial charge is 0.652 e. The van der Waals surface area contributed by atoms with Crippen LogP contribution in [0.15, 0.2) is 28.7 Å². The van der Waals surface area contributed by atoms with E-state index >= 15 is 0 Å². The fraction of sp³-hybridized carbons (Fsp3) is 0.154. The average Bonchev–Trinajstić information content (AvgIpc) is 2.80. The second-order valence-corrected chi connectivity index (χ2v) is 4.01. The number of benzene rings is 1. The first-order valence-electron chi connectivity index (χ1n) is 5.79. The van der Waals surface area contributed by atoms with Crippen LogP contribution in [0, 0.1) is 6.92 Å². The Morgan fingerprint density at radius 3 is 2.43 bits per heavy atom. The average molecular weight is 374 g/mol. The number of aromatic nitrogens is 1. The molecule has 0 bridgehead atoms. The molecule has 3 N–H and O–H groups in total. The normalized spacial score (nSPS) is 9.62. The Labute approximate surface area is 134 Å². The van der Waals surface area contributed by atoms with E-state index in [2.05, 4.69) is 15.6 Å². The number of nitrogens with zero attached hydrogens (tertiary/aromatic N) is 2. The van der Waals surface area contributed by atoms with Gasteiger partial charge >= 0.3 is 19.5 Å². The molecule has 0 saturated heterocycles. The summed E-state index contributed by atoms with van der Waals surface area (Å²) in [6, 6.07) is 6.57. The van der Waals surface area contributed by atoms with E-state index in [1.54, 1.807) is 31.2 Å². The molecule has 111 valence electrons. The van der Waals surface area contributed by atoms with Crippen LogP contribution >= 0.6 is 0 Å². The van der Waals surface area contributed by atoms with Crippen LogP contribution in [0.1, 0.15) is 26.7 Å². The van der Waals surface area contributed by atoms with E-state index in [1.165, 1.54) is 7.05 Å². The molecule has 0 unspecified atom stereocenters. The summed E-state index contributed by atoms with van der Waals surface area (Å²) < 4.78 is 5.27. The van der Waals surface area contributed by atoms with Crippen molar-refractivity contribution in [3.63, 3.8) is 0 Å². The monoisotopic (exact) mass is 375 g/mol. The van der Waals surface area contributed by atoms with Crippen molar-refractivity contribution < 1.29 is 33.5 Å². The number of carbonyl (C=O) groups is 2. The molecule has 2 aromatic rings. The summed E-state index contributed by atoms with van der Waals surface area (Å²) in [7, 11) is 1.44. The summed E-state index contributed by atoms with van der Waals surface area (Å²) in [5, 5.41) is 6.45. The Hall–Kier alpha value is -2.21. The largest absolute Gasteiger partial charge is 1.00 e. The first-order valence-corrected chi connectivity index (χ1v) is 5.79. The van der Waals surface area contributed by atoms with Crippen molar-refractivity contribution >= 4 is 23.4 Å². The number of hydrogen-bond acceptors (Lipinski definition) is 5. The van der Waals surface area contributed by atoms with E-state index in [0.717, 1.165) is 0 Å². The van der Waals surface area contributed by atoms with Gasteiger partial charge in [0, 0.05) is 12.6 Å². The number of oxazole rings is 1. The van der Waals surface area contributed by atoms with Crippen LogP contribution in [-0.2, 0) is 19.5 Å². The van der Waals surface area contributed by atoms with Crippen LogP contribution in [0.5, 0.6) is 0 Å². The third-order valence-corrected chi connectivity index (χ3v) is 2.56. The molecule has 0 spiro atoms. The van der Waals surface area contributed by atoms with Gasteiger partial charge in [-0.3, -0.25) is 4.79 Å². The minimum atomic E-state index is -0.680. The van der Waals surface area contributed by atoms with Gasteiger partial charge in [-0.05, 0) is 17.7 Å². The fourth-order valence-corrected chi connectivity index (χ4v) is 1.64. The summed E-state index contributed by atoms with van der Waals surface area (Å²) >= 11 is 0. The Morgan fingerprint density at radius 1 is 1.29 bits per heavy atom. The Morgan fingerprint density at radius 2 is 1.90 bits per heavy atom. The number of carbonyl (C=O) groups excluding carboxylic acids is 2. The van der Waals surface area contributed by atoms with Gasteiger partial charge in [0.15, 0.2) is 11.6 Å². The van der Waals surface area contributed by atoms with Crippen LogP contribution in [0.25, 0.3) is 5.32 Å². The van der Waals surface area contributed by atoms with Crippen LogP contribution in [-0.4, -0.2) is 23.8 Å². The quantitative estimate of drug-likeness (QED) is 0.795. The molecule has 8 heteroatoms. The molecule has 21 heavy (non-hydrogen) atoms. The van der Waals surface area contributed by atoms with Crippen LogP contribution < -0.4 is 11.1 Å². The zero-order valence-electron chi connectivity index (χ0n) is 11.4. The number of rotatable bonds is 4.